The highest BCUT2D eigenvalue weighted by molar-refractivity contribution is 7.88. The van der Waals surface area contributed by atoms with Crippen LogP contribution in [0.15, 0.2) is 42.5 Å². The molecule has 10 heteroatoms. The molecule has 3 rings (SSSR count). The van der Waals surface area contributed by atoms with Crippen LogP contribution < -0.4 is 5.32 Å². The number of anilines is 1. The molecule has 0 bridgehead atoms. The van der Waals surface area contributed by atoms with E-state index in [4.69, 9.17) is 0 Å². The summed E-state index contributed by atoms with van der Waals surface area (Å²) in [6.07, 6.45) is 0.632. The van der Waals surface area contributed by atoms with Crippen molar-refractivity contribution < 1.29 is 22.5 Å². The van der Waals surface area contributed by atoms with Gasteiger partial charge in [0.2, 0.25) is 15.9 Å². The highest BCUT2D eigenvalue weighted by atomic mass is 32.2. The zero-order chi connectivity index (χ0) is 21.9. The Kier molecular flexibility index (Phi) is 6.47. The first-order chi connectivity index (χ1) is 14.2. The van der Waals surface area contributed by atoms with Gasteiger partial charge >= 0.3 is 0 Å². The van der Waals surface area contributed by atoms with E-state index in [9.17, 15) is 27.7 Å². The van der Waals surface area contributed by atoms with Crippen molar-refractivity contribution in [1.82, 2.24) is 4.31 Å². The van der Waals surface area contributed by atoms with E-state index in [-0.39, 0.29) is 30.2 Å². The maximum Gasteiger partial charge on any atom is 0.274 e. The Bertz CT molecular complexity index is 1070. The molecule has 0 radical (unpaired) electrons. The van der Waals surface area contributed by atoms with Crippen LogP contribution in [0.25, 0.3) is 0 Å². The number of nitro groups is 1. The first kappa shape index (κ1) is 21.8. The molecule has 160 valence electrons. The first-order valence-electron chi connectivity index (χ1n) is 9.45. The van der Waals surface area contributed by atoms with Gasteiger partial charge in [-0.05, 0) is 31.9 Å². The number of nitrogens with one attached hydrogen (secondary N) is 1. The van der Waals surface area contributed by atoms with Gasteiger partial charge in [0.05, 0.1) is 21.9 Å². The third-order valence-electron chi connectivity index (χ3n) is 5.27. The third kappa shape index (κ3) is 4.82. The van der Waals surface area contributed by atoms with Gasteiger partial charge < -0.3 is 5.32 Å². The monoisotopic (exact) mass is 435 g/mol. The number of benzene rings is 2. The van der Waals surface area contributed by atoms with Crippen LogP contribution in [-0.4, -0.2) is 36.6 Å². The van der Waals surface area contributed by atoms with Crippen LogP contribution in [0.5, 0.6) is 0 Å². The lowest BCUT2D eigenvalue weighted by Gasteiger charge is -2.30. The molecule has 2 aromatic rings. The molecular formula is C20H22FN3O5S. The smallest absolute Gasteiger partial charge is 0.274 e. The molecule has 1 heterocycles. The lowest BCUT2D eigenvalue weighted by Crippen LogP contribution is -2.42. The summed E-state index contributed by atoms with van der Waals surface area (Å²) in [5.74, 6) is -1.71. The molecule has 8 nitrogen and oxygen atoms in total. The fourth-order valence-electron chi connectivity index (χ4n) is 3.49. The van der Waals surface area contributed by atoms with Crippen molar-refractivity contribution in [1.29, 1.82) is 0 Å². The average Bonchev–Trinajstić information content (AvgIpc) is 2.71. The van der Waals surface area contributed by atoms with Crippen molar-refractivity contribution in [3.05, 3.63) is 69.5 Å². The second-order valence-corrected chi connectivity index (χ2v) is 9.19. The quantitative estimate of drug-likeness (QED) is 0.553. The molecule has 1 fully saturated rings. The summed E-state index contributed by atoms with van der Waals surface area (Å²) in [7, 11) is -3.70. The maximum atomic E-state index is 13.8. The number of piperidine rings is 1. The van der Waals surface area contributed by atoms with E-state index >= 15 is 0 Å². The molecule has 0 saturated carbocycles. The van der Waals surface area contributed by atoms with Gasteiger partial charge in [-0.2, -0.15) is 0 Å². The fourth-order valence-corrected chi connectivity index (χ4v) is 5.07. The van der Waals surface area contributed by atoms with Gasteiger partial charge in [-0.1, -0.05) is 24.3 Å². The Morgan fingerprint density at radius 2 is 1.87 bits per heavy atom. The van der Waals surface area contributed by atoms with E-state index in [2.05, 4.69) is 5.32 Å². The Hall–Kier alpha value is -2.85. The van der Waals surface area contributed by atoms with E-state index in [1.54, 1.807) is 19.1 Å². The normalized spacial score (nSPS) is 15.7. The molecule has 1 aliphatic rings. The Balaban J connectivity index is 1.61. The summed E-state index contributed by atoms with van der Waals surface area (Å²) in [6.45, 7) is 1.87. The summed E-state index contributed by atoms with van der Waals surface area (Å²) in [6, 6.07) is 10.2. The lowest BCUT2D eigenvalue weighted by molar-refractivity contribution is -0.385. The van der Waals surface area contributed by atoms with Crippen LogP contribution in [0.3, 0.4) is 0 Å². The topological polar surface area (TPSA) is 110 Å². The highest BCUT2D eigenvalue weighted by Gasteiger charge is 2.32. The minimum Gasteiger partial charge on any atom is -0.325 e. The molecule has 1 amide bonds. The summed E-state index contributed by atoms with van der Waals surface area (Å²) >= 11 is 0. The fraction of sp³-hybridized carbons (Fsp3) is 0.350. The van der Waals surface area contributed by atoms with E-state index in [0.717, 1.165) is 0 Å². The van der Waals surface area contributed by atoms with Crippen molar-refractivity contribution in [2.45, 2.75) is 25.5 Å². The summed E-state index contributed by atoms with van der Waals surface area (Å²) in [5, 5.41) is 13.8. The maximum absolute atomic E-state index is 13.8. The van der Waals surface area contributed by atoms with E-state index in [1.165, 1.54) is 34.6 Å². The summed E-state index contributed by atoms with van der Waals surface area (Å²) < 4.78 is 40.3. The van der Waals surface area contributed by atoms with Gasteiger partial charge in [0.25, 0.3) is 5.69 Å². The van der Waals surface area contributed by atoms with Gasteiger partial charge in [-0.15, -0.1) is 0 Å². The molecule has 0 aromatic heterocycles. The average molecular weight is 435 g/mol. The third-order valence-corrected chi connectivity index (χ3v) is 7.10. The molecule has 0 aliphatic carbocycles. The number of rotatable bonds is 6. The van der Waals surface area contributed by atoms with E-state index in [1.807, 2.05) is 0 Å². The number of hydrogen-bond donors (Lipinski definition) is 1. The molecule has 0 spiro atoms. The molecular weight excluding hydrogens is 413 g/mol. The van der Waals surface area contributed by atoms with Crippen molar-refractivity contribution in [2.75, 3.05) is 18.4 Å². The molecule has 30 heavy (non-hydrogen) atoms. The molecule has 1 N–H and O–H groups in total. The number of sulfonamides is 1. The summed E-state index contributed by atoms with van der Waals surface area (Å²) in [5.41, 5.74) is 0.755. The second-order valence-electron chi connectivity index (χ2n) is 7.22. The lowest BCUT2D eigenvalue weighted by atomic mass is 9.97. The number of nitro benzene ring substituents is 1. The second kappa shape index (κ2) is 8.88. The number of hydrogen-bond acceptors (Lipinski definition) is 5. The Morgan fingerprint density at radius 3 is 2.50 bits per heavy atom. The number of nitrogens with zero attached hydrogens (tertiary/aromatic N) is 2. The standard InChI is InChI=1S/C20H22FN3O5S/c1-14-18(7-4-8-19(14)24(26)27)22-20(25)15-9-11-23(12-10-15)30(28,29)13-16-5-2-3-6-17(16)21/h2-8,15H,9-13H2,1H3,(H,22,25). The van der Waals surface area contributed by atoms with Crippen LogP contribution in [0.4, 0.5) is 15.8 Å². The zero-order valence-electron chi connectivity index (χ0n) is 16.4. The van der Waals surface area contributed by atoms with Crippen LogP contribution in [-0.2, 0) is 20.6 Å². The summed E-state index contributed by atoms with van der Waals surface area (Å²) in [4.78, 5) is 23.1. The molecule has 1 saturated heterocycles. The van der Waals surface area contributed by atoms with Gasteiger partial charge in [0, 0.05) is 30.6 Å². The largest absolute Gasteiger partial charge is 0.325 e. The van der Waals surface area contributed by atoms with Crippen molar-refractivity contribution in [2.24, 2.45) is 5.92 Å². The first-order valence-corrected chi connectivity index (χ1v) is 11.1. The number of amides is 1. The predicted octanol–water partition coefficient (Wildman–Crippen LogP) is 3.22. The Morgan fingerprint density at radius 1 is 1.20 bits per heavy atom. The number of carbonyl (C=O) groups excluding carboxylic acids is 1. The van der Waals surface area contributed by atoms with E-state index in [0.29, 0.717) is 24.1 Å². The molecule has 2 aromatic carbocycles. The van der Waals surface area contributed by atoms with Crippen LogP contribution in [0, 0.1) is 28.8 Å². The van der Waals surface area contributed by atoms with Crippen LogP contribution in [0.2, 0.25) is 0 Å². The minimum atomic E-state index is -3.70. The van der Waals surface area contributed by atoms with Gasteiger partial charge in [0.15, 0.2) is 0 Å². The molecule has 0 atom stereocenters. The Labute approximate surface area is 173 Å². The minimum absolute atomic E-state index is 0.0816. The SMILES string of the molecule is Cc1c(NC(=O)C2CCN(S(=O)(=O)Cc3ccccc3F)CC2)cccc1[N+](=O)[O-]. The van der Waals surface area contributed by atoms with Gasteiger partial charge in [0.1, 0.15) is 5.82 Å². The number of carbonyl (C=O) groups is 1. The number of halogens is 1. The predicted molar refractivity (Wildman–Crippen MR) is 110 cm³/mol. The van der Waals surface area contributed by atoms with Crippen molar-refractivity contribution in [3.8, 4) is 0 Å². The van der Waals surface area contributed by atoms with E-state index < -0.39 is 32.4 Å². The van der Waals surface area contributed by atoms with Crippen molar-refractivity contribution in [3.63, 3.8) is 0 Å². The van der Waals surface area contributed by atoms with Crippen molar-refractivity contribution >= 4 is 27.3 Å². The van der Waals surface area contributed by atoms with Crippen LogP contribution in [0.1, 0.15) is 24.0 Å². The molecule has 1 aliphatic heterocycles. The highest BCUT2D eigenvalue weighted by Crippen LogP contribution is 2.27. The van der Waals surface area contributed by atoms with Gasteiger partial charge in [-0.25, -0.2) is 17.1 Å². The zero-order valence-corrected chi connectivity index (χ0v) is 17.2. The molecule has 0 unspecified atom stereocenters. The van der Waals surface area contributed by atoms with Crippen LogP contribution >= 0.6 is 0 Å². The van der Waals surface area contributed by atoms with Gasteiger partial charge in [-0.3, -0.25) is 14.9 Å².